The lowest BCUT2D eigenvalue weighted by Gasteiger charge is -2.45. The lowest BCUT2D eigenvalue weighted by molar-refractivity contribution is -0.171. The van der Waals surface area contributed by atoms with Gasteiger partial charge in [-0.25, -0.2) is 0 Å². The fourth-order valence-corrected chi connectivity index (χ4v) is 3.49. The van der Waals surface area contributed by atoms with Crippen molar-refractivity contribution in [1.82, 2.24) is 0 Å². The fraction of sp³-hybridized carbons (Fsp3) is 0.905. The van der Waals surface area contributed by atoms with E-state index in [1.165, 1.54) is 7.11 Å². The van der Waals surface area contributed by atoms with Gasteiger partial charge in [0.25, 0.3) is 0 Å². The first-order valence-corrected chi connectivity index (χ1v) is 9.72. The van der Waals surface area contributed by atoms with Gasteiger partial charge in [0.1, 0.15) is 0 Å². The Hall–Kier alpha value is -1.06. The van der Waals surface area contributed by atoms with Gasteiger partial charge in [0.2, 0.25) is 0 Å². The maximum Gasteiger partial charge on any atom is 0.311 e. The highest BCUT2D eigenvalue weighted by molar-refractivity contribution is 5.80. The van der Waals surface area contributed by atoms with Crippen molar-refractivity contribution < 1.29 is 19.1 Å². The van der Waals surface area contributed by atoms with Crippen LogP contribution in [0.5, 0.6) is 0 Å². The molecule has 0 aliphatic heterocycles. The lowest BCUT2D eigenvalue weighted by atomic mass is 9.58. The topological polar surface area (TPSA) is 52.6 Å². The van der Waals surface area contributed by atoms with Crippen LogP contribution in [0.4, 0.5) is 0 Å². The number of carbonyl (C=O) groups excluding carboxylic acids is 2. The van der Waals surface area contributed by atoms with Crippen LogP contribution in [-0.2, 0) is 19.1 Å². The quantitative estimate of drug-likeness (QED) is 0.475. The van der Waals surface area contributed by atoms with E-state index in [0.29, 0.717) is 12.5 Å². The number of ether oxygens (including phenoxy) is 2. The SMILES string of the molecule is CCCCC(CC)COC(=O)C(C(C)C)C(C)(C)C(C)(C)C(=O)OC. The molecular weight excluding hydrogens is 316 g/mol. The zero-order valence-corrected chi connectivity index (χ0v) is 17.9. The molecule has 0 radical (unpaired) electrons. The summed E-state index contributed by atoms with van der Waals surface area (Å²) in [6, 6.07) is 0. The average Bonchev–Trinajstić information content (AvgIpc) is 2.53. The molecule has 0 amide bonds. The molecule has 4 heteroatoms. The normalized spacial score (nSPS) is 15.0. The van der Waals surface area contributed by atoms with Crippen molar-refractivity contribution in [3.05, 3.63) is 0 Å². The molecule has 0 aromatic rings. The van der Waals surface area contributed by atoms with Gasteiger partial charge in [0, 0.05) is 0 Å². The molecule has 2 unspecified atom stereocenters. The summed E-state index contributed by atoms with van der Waals surface area (Å²) in [5.41, 5.74) is -1.38. The van der Waals surface area contributed by atoms with E-state index in [1.807, 2.05) is 41.5 Å². The van der Waals surface area contributed by atoms with E-state index < -0.39 is 10.8 Å². The molecule has 4 nitrogen and oxygen atoms in total. The molecule has 0 aliphatic carbocycles. The summed E-state index contributed by atoms with van der Waals surface area (Å²) in [6.07, 6.45) is 4.41. The zero-order chi connectivity index (χ0) is 19.8. The van der Waals surface area contributed by atoms with Crippen LogP contribution >= 0.6 is 0 Å². The van der Waals surface area contributed by atoms with Gasteiger partial charge in [0.05, 0.1) is 25.0 Å². The Bertz CT molecular complexity index is 424. The van der Waals surface area contributed by atoms with Gasteiger partial charge in [0.15, 0.2) is 0 Å². The molecule has 0 aromatic heterocycles. The molecule has 0 rings (SSSR count). The third-order valence-electron chi connectivity index (χ3n) is 6.01. The molecule has 0 aliphatic rings. The molecular formula is C21H40O4. The number of unbranched alkanes of at least 4 members (excludes halogenated alkanes) is 1. The van der Waals surface area contributed by atoms with Gasteiger partial charge in [-0.05, 0) is 37.5 Å². The summed E-state index contributed by atoms with van der Waals surface area (Å²) in [5.74, 6) is -0.391. The molecule has 0 bridgehead atoms. The van der Waals surface area contributed by atoms with Crippen LogP contribution in [0.25, 0.3) is 0 Å². The van der Waals surface area contributed by atoms with Crippen LogP contribution in [0.1, 0.15) is 81.1 Å². The molecule has 0 saturated carbocycles. The van der Waals surface area contributed by atoms with Gasteiger partial charge >= 0.3 is 11.9 Å². The molecule has 0 fully saturated rings. The smallest absolute Gasteiger partial charge is 0.311 e. The Morgan fingerprint density at radius 2 is 1.60 bits per heavy atom. The average molecular weight is 357 g/mol. The second-order valence-corrected chi connectivity index (χ2v) is 8.61. The molecule has 0 spiro atoms. The van der Waals surface area contributed by atoms with Gasteiger partial charge < -0.3 is 9.47 Å². The summed E-state index contributed by atoms with van der Waals surface area (Å²) >= 11 is 0. The third kappa shape index (κ3) is 6.00. The minimum atomic E-state index is -0.790. The zero-order valence-electron chi connectivity index (χ0n) is 17.9. The Morgan fingerprint density at radius 3 is 2.00 bits per heavy atom. The van der Waals surface area contributed by atoms with E-state index >= 15 is 0 Å². The van der Waals surface area contributed by atoms with Crippen LogP contribution in [-0.4, -0.2) is 25.7 Å². The predicted octanol–water partition coefficient (Wildman–Crippen LogP) is 5.24. The van der Waals surface area contributed by atoms with E-state index in [4.69, 9.17) is 9.47 Å². The molecule has 0 aromatic carbocycles. The van der Waals surface area contributed by atoms with Gasteiger partial charge in [-0.15, -0.1) is 0 Å². The molecule has 0 heterocycles. The number of methoxy groups -OCH3 is 1. The van der Waals surface area contributed by atoms with Crippen LogP contribution in [0.2, 0.25) is 0 Å². The van der Waals surface area contributed by atoms with Crippen molar-refractivity contribution in [2.45, 2.75) is 81.1 Å². The first-order chi connectivity index (χ1) is 11.5. The number of carbonyl (C=O) groups is 2. The summed E-state index contributed by atoms with van der Waals surface area (Å²) in [4.78, 5) is 25.2. The molecule has 0 N–H and O–H groups in total. The Morgan fingerprint density at radius 1 is 1.04 bits per heavy atom. The molecule has 0 saturated heterocycles. The van der Waals surface area contributed by atoms with Crippen LogP contribution in [0.3, 0.4) is 0 Å². The van der Waals surface area contributed by atoms with Crippen molar-refractivity contribution in [1.29, 1.82) is 0 Å². The maximum absolute atomic E-state index is 12.9. The first kappa shape index (κ1) is 23.9. The number of esters is 2. The second-order valence-electron chi connectivity index (χ2n) is 8.61. The Kier molecular flexibility index (Phi) is 9.75. The van der Waals surface area contributed by atoms with Gasteiger partial charge in [-0.3, -0.25) is 9.59 Å². The van der Waals surface area contributed by atoms with Crippen LogP contribution in [0.15, 0.2) is 0 Å². The summed E-state index contributed by atoms with van der Waals surface area (Å²) in [7, 11) is 1.39. The van der Waals surface area contributed by atoms with Gasteiger partial charge in [-0.1, -0.05) is 60.8 Å². The number of rotatable bonds is 11. The van der Waals surface area contributed by atoms with Crippen molar-refractivity contribution in [3.63, 3.8) is 0 Å². The minimum Gasteiger partial charge on any atom is -0.469 e. The highest BCUT2D eigenvalue weighted by Gasteiger charge is 2.52. The molecule has 25 heavy (non-hydrogen) atoms. The highest BCUT2D eigenvalue weighted by Crippen LogP contribution is 2.48. The van der Waals surface area contributed by atoms with E-state index in [-0.39, 0.29) is 23.8 Å². The second kappa shape index (κ2) is 10.2. The van der Waals surface area contributed by atoms with E-state index in [9.17, 15) is 9.59 Å². The summed E-state index contributed by atoms with van der Waals surface area (Å²) < 4.78 is 10.7. The van der Waals surface area contributed by atoms with Crippen molar-refractivity contribution >= 4 is 11.9 Å². The van der Waals surface area contributed by atoms with Crippen LogP contribution < -0.4 is 0 Å². The van der Waals surface area contributed by atoms with Crippen molar-refractivity contribution in [2.24, 2.45) is 28.6 Å². The summed E-state index contributed by atoms with van der Waals surface area (Å²) in [5, 5.41) is 0. The summed E-state index contributed by atoms with van der Waals surface area (Å²) in [6.45, 7) is 16.4. The van der Waals surface area contributed by atoms with E-state index in [0.717, 1.165) is 25.7 Å². The molecule has 148 valence electrons. The maximum atomic E-state index is 12.9. The third-order valence-corrected chi connectivity index (χ3v) is 6.01. The number of hydrogen-bond acceptors (Lipinski definition) is 4. The Balaban J connectivity index is 5.27. The van der Waals surface area contributed by atoms with E-state index in [1.54, 1.807) is 0 Å². The van der Waals surface area contributed by atoms with Gasteiger partial charge in [-0.2, -0.15) is 0 Å². The lowest BCUT2D eigenvalue weighted by Crippen LogP contribution is -2.50. The predicted molar refractivity (Wildman–Crippen MR) is 102 cm³/mol. The first-order valence-electron chi connectivity index (χ1n) is 9.72. The minimum absolute atomic E-state index is 0.0714. The standard InChI is InChI=1S/C21H40O4/c1-10-12-13-16(11-2)14-25-18(22)17(15(3)4)20(5,6)21(7,8)19(23)24-9/h15-17H,10-14H2,1-9H3. The van der Waals surface area contributed by atoms with Crippen LogP contribution in [0, 0.1) is 28.6 Å². The highest BCUT2D eigenvalue weighted by atomic mass is 16.5. The van der Waals surface area contributed by atoms with E-state index in [2.05, 4.69) is 13.8 Å². The molecule has 2 atom stereocenters. The Labute approximate surface area is 155 Å². The monoisotopic (exact) mass is 356 g/mol. The number of hydrogen-bond donors (Lipinski definition) is 0. The fourth-order valence-electron chi connectivity index (χ4n) is 3.49. The largest absolute Gasteiger partial charge is 0.469 e. The van der Waals surface area contributed by atoms with Crippen molar-refractivity contribution in [3.8, 4) is 0 Å². The van der Waals surface area contributed by atoms with Crippen molar-refractivity contribution in [2.75, 3.05) is 13.7 Å².